The van der Waals surface area contributed by atoms with Crippen LogP contribution in [-0.2, 0) is 11.2 Å². The average Bonchev–Trinajstić information content (AvgIpc) is 2.86. The van der Waals surface area contributed by atoms with Crippen molar-refractivity contribution >= 4 is 16.9 Å². The Hall–Kier alpha value is -1.81. The molecule has 4 nitrogen and oxygen atoms in total. The fraction of sp³-hybridized carbons (Fsp3) is 0.471. The third kappa shape index (κ3) is 2.68. The van der Waals surface area contributed by atoms with Crippen LogP contribution in [0.5, 0.6) is 0 Å². The molecule has 1 atom stereocenters. The van der Waals surface area contributed by atoms with Crippen LogP contribution in [0.1, 0.15) is 29.5 Å². The number of carbonyl (C=O) groups excluding carboxylic acids is 1. The molecule has 2 N–H and O–H groups in total. The number of rotatable bonds is 2. The summed E-state index contributed by atoms with van der Waals surface area (Å²) >= 11 is 0. The predicted octanol–water partition coefficient (Wildman–Crippen LogP) is 2.54. The van der Waals surface area contributed by atoms with Gasteiger partial charge in [0.25, 0.3) is 0 Å². The highest BCUT2D eigenvalue weighted by Crippen LogP contribution is 2.27. The van der Waals surface area contributed by atoms with Gasteiger partial charge in [-0.15, -0.1) is 0 Å². The number of carbonyl (C=O) groups is 1. The lowest BCUT2D eigenvalue weighted by atomic mass is 10.0. The minimum absolute atomic E-state index is 0.119. The topological polar surface area (TPSA) is 59.5 Å². The number of piperidine rings is 1. The van der Waals surface area contributed by atoms with Crippen molar-refractivity contribution in [2.24, 2.45) is 5.73 Å². The monoisotopic (exact) mass is 286 g/mol. The zero-order valence-corrected chi connectivity index (χ0v) is 12.7. The van der Waals surface area contributed by atoms with Gasteiger partial charge in [0, 0.05) is 30.1 Å². The molecule has 2 heterocycles. The van der Waals surface area contributed by atoms with Crippen LogP contribution in [-0.4, -0.2) is 29.9 Å². The molecule has 0 bridgehead atoms. The first kappa shape index (κ1) is 14.1. The molecule has 0 aliphatic carbocycles. The van der Waals surface area contributed by atoms with Gasteiger partial charge in [0.2, 0.25) is 5.91 Å². The Balaban J connectivity index is 1.82. The lowest BCUT2D eigenvalue weighted by molar-refractivity contribution is -0.131. The summed E-state index contributed by atoms with van der Waals surface area (Å²) in [4.78, 5) is 14.3. The Bertz CT molecular complexity index is 675. The van der Waals surface area contributed by atoms with E-state index in [1.165, 1.54) is 5.56 Å². The quantitative estimate of drug-likeness (QED) is 0.923. The van der Waals surface area contributed by atoms with Crippen molar-refractivity contribution < 1.29 is 9.21 Å². The zero-order valence-electron chi connectivity index (χ0n) is 12.7. The molecule has 0 saturated carbocycles. The second-order valence-corrected chi connectivity index (χ2v) is 6.06. The van der Waals surface area contributed by atoms with Gasteiger partial charge in [-0.3, -0.25) is 4.79 Å². The van der Waals surface area contributed by atoms with Gasteiger partial charge in [-0.05, 0) is 37.8 Å². The summed E-state index contributed by atoms with van der Waals surface area (Å²) in [6.07, 6.45) is 4.12. The highest BCUT2D eigenvalue weighted by molar-refractivity contribution is 5.89. The van der Waals surface area contributed by atoms with Gasteiger partial charge in [0.05, 0.1) is 12.7 Å². The zero-order chi connectivity index (χ0) is 15.0. The normalized spacial score (nSPS) is 19.2. The van der Waals surface area contributed by atoms with Crippen LogP contribution in [0.2, 0.25) is 0 Å². The fourth-order valence-electron chi connectivity index (χ4n) is 3.04. The number of nitrogens with two attached hydrogens (primary N) is 1. The smallest absolute Gasteiger partial charge is 0.227 e. The van der Waals surface area contributed by atoms with Crippen LogP contribution < -0.4 is 5.73 Å². The maximum Gasteiger partial charge on any atom is 0.227 e. The summed E-state index contributed by atoms with van der Waals surface area (Å²) in [5.41, 5.74) is 10.2. The maximum absolute atomic E-state index is 12.4. The molecule has 1 aromatic heterocycles. The molecule has 1 aliphatic heterocycles. The lowest BCUT2D eigenvalue weighted by Gasteiger charge is -2.30. The molecule has 112 valence electrons. The first-order valence-electron chi connectivity index (χ1n) is 7.56. The second-order valence-electron chi connectivity index (χ2n) is 6.06. The van der Waals surface area contributed by atoms with Crippen molar-refractivity contribution in [3.05, 3.63) is 35.1 Å². The molecule has 21 heavy (non-hydrogen) atoms. The number of amides is 1. The van der Waals surface area contributed by atoms with Crippen LogP contribution in [0, 0.1) is 13.8 Å². The maximum atomic E-state index is 12.4. The van der Waals surface area contributed by atoms with Crippen LogP contribution in [0.15, 0.2) is 22.8 Å². The Morgan fingerprint density at radius 2 is 2.24 bits per heavy atom. The molecule has 0 spiro atoms. The molecular weight excluding hydrogens is 264 g/mol. The Kier molecular flexibility index (Phi) is 3.72. The molecule has 1 aliphatic rings. The number of benzene rings is 1. The van der Waals surface area contributed by atoms with E-state index in [0.29, 0.717) is 13.0 Å². The molecule has 1 fully saturated rings. The third-order valence-corrected chi connectivity index (χ3v) is 4.49. The fourth-order valence-corrected chi connectivity index (χ4v) is 3.04. The van der Waals surface area contributed by atoms with Gasteiger partial charge >= 0.3 is 0 Å². The molecule has 1 unspecified atom stereocenters. The first-order chi connectivity index (χ1) is 10.1. The molecule has 4 heteroatoms. The van der Waals surface area contributed by atoms with E-state index in [1.807, 2.05) is 11.0 Å². The van der Waals surface area contributed by atoms with E-state index >= 15 is 0 Å². The number of furan rings is 1. The number of likely N-dealkylation sites (tertiary alicyclic amines) is 1. The second kappa shape index (κ2) is 5.53. The van der Waals surface area contributed by atoms with E-state index in [9.17, 15) is 4.79 Å². The van der Waals surface area contributed by atoms with E-state index in [-0.39, 0.29) is 11.9 Å². The van der Waals surface area contributed by atoms with E-state index in [0.717, 1.165) is 41.5 Å². The molecule has 1 saturated heterocycles. The number of aryl methyl sites for hydroxylation is 2. The van der Waals surface area contributed by atoms with Crippen molar-refractivity contribution in [2.45, 2.75) is 39.2 Å². The highest BCUT2D eigenvalue weighted by atomic mass is 16.3. The average molecular weight is 286 g/mol. The summed E-state index contributed by atoms with van der Waals surface area (Å²) in [6.45, 7) is 5.61. The summed E-state index contributed by atoms with van der Waals surface area (Å²) in [5, 5.41) is 1.05. The van der Waals surface area contributed by atoms with E-state index < -0.39 is 0 Å². The largest absolute Gasteiger partial charge is 0.464 e. The summed E-state index contributed by atoms with van der Waals surface area (Å²) < 4.78 is 5.67. The Morgan fingerprint density at radius 1 is 1.43 bits per heavy atom. The molecule has 0 radical (unpaired) electrons. The number of fused-ring (bicyclic) bond motifs is 1. The van der Waals surface area contributed by atoms with Crippen LogP contribution in [0.3, 0.4) is 0 Å². The SMILES string of the molecule is Cc1ccc2c(CC(=O)N3CCCC(N)C3)coc2c1C. The number of hydrogen-bond acceptors (Lipinski definition) is 3. The predicted molar refractivity (Wildman–Crippen MR) is 83.2 cm³/mol. The highest BCUT2D eigenvalue weighted by Gasteiger charge is 2.22. The minimum Gasteiger partial charge on any atom is -0.464 e. The summed E-state index contributed by atoms with van der Waals surface area (Å²) in [6, 6.07) is 4.25. The van der Waals surface area contributed by atoms with Gasteiger partial charge < -0.3 is 15.1 Å². The van der Waals surface area contributed by atoms with E-state index in [1.54, 1.807) is 6.26 Å². The van der Waals surface area contributed by atoms with Crippen molar-refractivity contribution in [1.29, 1.82) is 0 Å². The Morgan fingerprint density at radius 3 is 3.00 bits per heavy atom. The van der Waals surface area contributed by atoms with Crippen molar-refractivity contribution in [1.82, 2.24) is 4.90 Å². The summed E-state index contributed by atoms with van der Waals surface area (Å²) in [5.74, 6) is 0.145. The Labute approximate surface area is 124 Å². The minimum atomic E-state index is 0.119. The molecule has 1 aromatic carbocycles. The van der Waals surface area contributed by atoms with Gasteiger partial charge in [-0.2, -0.15) is 0 Å². The van der Waals surface area contributed by atoms with Crippen molar-refractivity contribution in [2.75, 3.05) is 13.1 Å². The molecule has 3 rings (SSSR count). The van der Waals surface area contributed by atoms with Gasteiger partial charge in [-0.1, -0.05) is 12.1 Å². The van der Waals surface area contributed by atoms with Crippen molar-refractivity contribution in [3.63, 3.8) is 0 Å². The van der Waals surface area contributed by atoms with Gasteiger partial charge in [-0.25, -0.2) is 0 Å². The summed E-state index contributed by atoms with van der Waals surface area (Å²) in [7, 11) is 0. The van der Waals surface area contributed by atoms with E-state index in [2.05, 4.69) is 19.9 Å². The lowest BCUT2D eigenvalue weighted by Crippen LogP contribution is -2.46. The van der Waals surface area contributed by atoms with Crippen LogP contribution >= 0.6 is 0 Å². The van der Waals surface area contributed by atoms with Gasteiger partial charge in [0.15, 0.2) is 0 Å². The molecule has 2 aromatic rings. The number of nitrogens with zero attached hydrogens (tertiary/aromatic N) is 1. The molecular formula is C17H22N2O2. The van der Waals surface area contributed by atoms with Crippen LogP contribution in [0.25, 0.3) is 11.0 Å². The van der Waals surface area contributed by atoms with Gasteiger partial charge in [0.1, 0.15) is 5.58 Å². The standard InChI is InChI=1S/C17H22N2O2/c1-11-5-6-15-13(10-21-17(15)12(11)2)8-16(20)19-7-3-4-14(18)9-19/h5-6,10,14H,3-4,7-9,18H2,1-2H3. The third-order valence-electron chi connectivity index (χ3n) is 4.49. The van der Waals surface area contributed by atoms with Crippen LogP contribution in [0.4, 0.5) is 0 Å². The van der Waals surface area contributed by atoms with Crippen molar-refractivity contribution in [3.8, 4) is 0 Å². The first-order valence-corrected chi connectivity index (χ1v) is 7.56. The number of hydrogen-bond donors (Lipinski definition) is 1. The molecule has 1 amide bonds. The van der Waals surface area contributed by atoms with E-state index in [4.69, 9.17) is 10.2 Å².